The molecule has 8 heteroatoms. The summed E-state index contributed by atoms with van der Waals surface area (Å²) in [6.07, 6.45) is 1.68. The van der Waals surface area contributed by atoms with Gasteiger partial charge in [0.15, 0.2) is 4.80 Å². The van der Waals surface area contributed by atoms with Crippen molar-refractivity contribution in [2.24, 2.45) is 4.99 Å². The smallest absolute Gasteiger partial charge is 0.338 e. The fraction of sp³-hybridized carbons (Fsp3) is 0.296. The van der Waals surface area contributed by atoms with E-state index in [1.807, 2.05) is 42.5 Å². The molecule has 0 aliphatic carbocycles. The number of hydrogen-bond donors (Lipinski definition) is 1. The van der Waals surface area contributed by atoms with E-state index in [9.17, 15) is 14.7 Å². The zero-order valence-electron chi connectivity index (χ0n) is 20.3. The summed E-state index contributed by atoms with van der Waals surface area (Å²) in [7, 11) is 0. The lowest BCUT2D eigenvalue weighted by atomic mass is 9.96. The highest BCUT2D eigenvalue weighted by Gasteiger charge is 2.33. The number of carbonyl (C=O) groups excluding carboxylic acids is 1. The highest BCUT2D eigenvalue weighted by molar-refractivity contribution is 7.07. The van der Waals surface area contributed by atoms with Gasteiger partial charge in [-0.05, 0) is 51.5 Å². The first-order valence-corrected chi connectivity index (χ1v) is 12.5. The van der Waals surface area contributed by atoms with E-state index in [0.717, 1.165) is 24.3 Å². The molecule has 35 heavy (non-hydrogen) atoms. The number of hydrogen-bond acceptors (Lipinski definition) is 7. The average molecular weight is 492 g/mol. The van der Waals surface area contributed by atoms with Crippen molar-refractivity contribution in [1.82, 2.24) is 4.57 Å². The molecule has 0 radical (unpaired) electrons. The van der Waals surface area contributed by atoms with Crippen molar-refractivity contribution >= 4 is 29.1 Å². The average Bonchev–Trinajstić information content (AvgIpc) is 3.15. The van der Waals surface area contributed by atoms with Crippen molar-refractivity contribution in [2.45, 2.75) is 33.7 Å². The highest BCUT2D eigenvalue weighted by atomic mass is 32.1. The van der Waals surface area contributed by atoms with Gasteiger partial charge in [-0.1, -0.05) is 41.7 Å². The molecule has 4 rings (SSSR count). The maximum absolute atomic E-state index is 13.6. The van der Waals surface area contributed by atoms with Crippen LogP contribution in [0, 0.1) is 0 Å². The van der Waals surface area contributed by atoms with E-state index in [4.69, 9.17) is 4.74 Å². The minimum Gasteiger partial charge on any atom is -0.507 e. The van der Waals surface area contributed by atoms with Crippen LogP contribution in [0.15, 0.2) is 69.6 Å². The minimum atomic E-state index is -0.646. The second-order valence-electron chi connectivity index (χ2n) is 8.13. The number of fused-ring (bicyclic) bond motifs is 1. The summed E-state index contributed by atoms with van der Waals surface area (Å²) in [6.45, 7) is 9.51. The number of aromatic nitrogens is 1. The quantitative estimate of drug-likeness (QED) is 0.513. The maximum atomic E-state index is 13.6. The van der Waals surface area contributed by atoms with Crippen LogP contribution in [0.2, 0.25) is 0 Å². The van der Waals surface area contributed by atoms with Crippen molar-refractivity contribution in [2.75, 3.05) is 24.6 Å². The molecule has 2 heterocycles. The SMILES string of the molecule is CCOC(=O)C1=C(C)N=c2s/c(=C\c3ccc(N(CC)CC)cc3O)c(=O)n2[C@H]1c1ccccc1. The molecule has 2 aromatic carbocycles. The lowest BCUT2D eigenvalue weighted by Gasteiger charge is -2.24. The van der Waals surface area contributed by atoms with Crippen LogP contribution in [-0.4, -0.2) is 35.3 Å². The van der Waals surface area contributed by atoms with E-state index in [-0.39, 0.29) is 17.9 Å². The van der Waals surface area contributed by atoms with Crippen LogP contribution in [0.1, 0.15) is 44.9 Å². The van der Waals surface area contributed by atoms with E-state index < -0.39 is 12.0 Å². The molecule has 1 aliphatic rings. The number of phenolic OH excluding ortho intramolecular Hbond substituents is 1. The summed E-state index contributed by atoms with van der Waals surface area (Å²) < 4.78 is 7.28. The van der Waals surface area contributed by atoms with E-state index in [1.165, 1.54) is 11.3 Å². The first-order chi connectivity index (χ1) is 16.9. The Kier molecular flexibility index (Phi) is 7.21. The fourth-order valence-electron chi connectivity index (χ4n) is 4.32. The van der Waals surface area contributed by atoms with Crippen LogP contribution in [0.25, 0.3) is 6.08 Å². The Bertz CT molecular complexity index is 1450. The van der Waals surface area contributed by atoms with Crippen LogP contribution in [0.5, 0.6) is 5.75 Å². The first-order valence-electron chi connectivity index (χ1n) is 11.7. The molecule has 1 N–H and O–H groups in total. The van der Waals surface area contributed by atoms with Gasteiger partial charge in [0.2, 0.25) is 0 Å². The summed E-state index contributed by atoms with van der Waals surface area (Å²) in [5.41, 5.74) is 2.86. The second-order valence-corrected chi connectivity index (χ2v) is 9.14. The zero-order chi connectivity index (χ0) is 25.1. The summed E-state index contributed by atoms with van der Waals surface area (Å²) in [6, 6.07) is 14.2. The summed E-state index contributed by atoms with van der Waals surface area (Å²) >= 11 is 1.23. The molecule has 0 amide bonds. The van der Waals surface area contributed by atoms with Crippen molar-refractivity contribution in [3.05, 3.63) is 90.6 Å². The maximum Gasteiger partial charge on any atom is 0.338 e. The largest absolute Gasteiger partial charge is 0.507 e. The standard InChI is InChI=1S/C27H29N3O4S/c1-5-29(6-2)20-14-13-19(21(31)16-20)15-22-25(32)30-24(18-11-9-8-10-12-18)23(26(33)34-7-3)17(4)28-27(30)35-22/h8-16,24,31H,5-7H2,1-4H3/b22-15-/t24-/m0/s1. The monoisotopic (exact) mass is 491 g/mol. The third-order valence-corrected chi connectivity index (χ3v) is 7.04. The lowest BCUT2D eigenvalue weighted by Crippen LogP contribution is -2.39. The Balaban J connectivity index is 1.87. The molecule has 182 valence electrons. The van der Waals surface area contributed by atoms with Gasteiger partial charge in [0.05, 0.1) is 28.5 Å². The Morgan fingerprint density at radius 1 is 1.17 bits per heavy atom. The Morgan fingerprint density at radius 2 is 1.89 bits per heavy atom. The number of carbonyl (C=O) groups is 1. The number of nitrogens with zero attached hydrogens (tertiary/aromatic N) is 3. The van der Waals surface area contributed by atoms with Gasteiger partial charge in [-0.25, -0.2) is 9.79 Å². The van der Waals surface area contributed by atoms with Gasteiger partial charge in [0.1, 0.15) is 5.75 Å². The molecule has 1 aromatic heterocycles. The number of allylic oxidation sites excluding steroid dienone is 1. The molecule has 0 spiro atoms. The fourth-order valence-corrected chi connectivity index (χ4v) is 5.36. The highest BCUT2D eigenvalue weighted by Crippen LogP contribution is 2.30. The van der Waals surface area contributed by atoms with Gasteiger partial charge in [0.25, 0.3) is 5.56 Å². The zero-order valence-corrected chi connectivity index (χ0v) is 21.1. The Morgan fingerprint density at radius 3 is 2.51 bits per heavy atom. The van der Waals surface area contributed by atoms with Crippen molar-refractivity contribution in [3.63, 3.8) is 0 Å². The summed E-state index contributed by atoms with van der Waals surface area (Å²) in [5, 5.41) is 10.7. The lowest BCUT2D eigenvalue weighted by molar-refractivity contribution is -0.139. The molecule has 3 aromatic rings. The molecule has 7 nitrogen and oxygen atoms in total. The number of thiazole rings is 1. The van der Waals surface area contributed by atoms with Gasteiger partial charge in [-0.3, -0.25) is 9.36 Å². The molecule has 0 saturated heterocycles. The number of ether oxygens (including phenoxy) is 1. The molecule has 0 saturated carbocycles. The predicted molar refractivity (Wildman–Crippen MR) is 139 cm³/mol. The van der Waals surface area contributed by atoms with Crippen LogP contribution in [0.3, 0.4) is 0 Å². The normalized spacial score (nSPS) is 15.5. The van der Waals surface area contributed by atoms with Crippen LogP contribution >= 0.6 is 11.3 Å². The molecule has 0 bridgehead atoms. The van der Waals surface area contributed by atoms with Gasteiger partial charge in [-0.2, -0.15) is 0 Å². The van der Waals surface area contributed by atoms with E-state index in [0.29, 0.717) is 26.2 Å². The number of phenols is 1. The van der Waals surface area contributed by atoms with Crippen LogP contribution in [-0.2, 0) is 9.53 Å². The minimum absolute atomic E-state index is 0.100. The number of benzene rings is 2. The van der Waals surface area contributed by atoms with Gasteiger partial charge < -0.3 is 14.7 Å². The predicted octanol–water partition coefficient (Wildman–Crippen LogP) is 3.35. The third kappa shape index (κ3) is 4.66. The number of anilines is 1. The Labute approximate surface area is 207 Å². The molecule has 1 atom stereocenters. The van der Waals surface area contributed by atoms with Crippen molar-refractivity contribution < 1.29 is 14.6 Å². The second kappa shape index (κ2) is 10.3. The van der Waals surface area contributed by atoms with E-state index >= 15 is 0 Å². The summed E-state index contributed by atoms with van der Waals surface area (Å²) in [5.74, 6) is -0.384. The van der Waals surface area contributed by atoms with Crippen molar-refractivity contribution in [3.8, 4) is 5.75 Å². The van der Waals surface area contributed by atoms with Crippen LogP contribution in [0.4, 0.5) is 5.69 Å². The van der Waals surface area contributed by atoms with E-state index in [1.54, 1.807) is 30.6 Å². The molecular weight excluding hydrogens is 462 g/mol. The first kappa shape index (κ1) is 24.5. The third-order valence-electron chi connectivity index (χ3n) is 6.06. The Hall–Kier alpha value is -3.65. The summed E-state index contributed by atoms with van der Waals surface area (Å²) in [4.78, 5) is 33.7. The molecule has 0 unspecified atom stereocenters. The van der Waals surface area contributed by atoms with E-state index in [2.05, 4.69) is 23.7 Å². The number of rotatable bonds is 7. The van der Waals surface area contributed by atoms with Crippen LogP contribution < -0.4 is 19.8 Å². The topological polar surface area (TPSA) is 84.1 Å². The molecule has 0 fully saturated rings. The number of aromatic hydroxyl groups is 1. The number of esters is 1. The van der Waals surface area contributed by atoms with Gasteiger partial charge in [0, 0.05) is 30.4 Å². The molecule has 1 aliphatic heterocycles. The van der Waals surface area contributed by atoms with Crippen molar-refractivity contribution in [1.29, 1.82) is 0 Å². The van der Waals surface area contributed by atoms with Gasteiger partial charge >= 0.3 is 5.97 Å². The molecular formula is C27H29N3O4S. The van der Waals surface area contributed by atoms with Gasteiger partial charge in [-0.15, -0.1) is 0 Å².